The Morgan fingerprint density at radius 2 is 1.62 bits per heavy atom. The zero-order chi connectivity index (χ0) is 22.5. The van der Waals surface area contributed by atoms with Crippen molar-refractivity contribution < 1.29 is 13.9 Å². The number of hydrogen-bond acceptors (Lipinski definition) is 6. The van der Waals surface area contributed by atoms with Gasteiger partial charge in [-0.15, -0.1) is 0 Å². The minimum atomic E-state index is -0.344. The molecule has 1 fully saturated rings. The summed E-state index contributed by atoms with van der Waals surface area (Å²) in [6, 6.07) is 16.5. The molecule has 4 rings (SSSR count). The Hall–Kier alpha value is -3.88. The molecule has 0 spiro atoms. The Bertz CT molecular complexity index is 1120. The first-order chi connectivity index (χ1) is 15.5. The molecule has 2 heterocycles. The van der Waals surface area contributed by atoms with Crippen LogP contribution in [0.1, 0.15) is 0 Å². The molecular formula is C23H24FN5O3. The maximum absolute atomic E-state index is 13.2. The fourth-order valence-corrected chi connectivity index (χ4v) is 3.58. The van der Waals surface area contributed by atoms with Gasteiger partial charge in [0.2, 0.25) is 5.91 Å². The number of hydrogen-bond donors (Lipinski definition) is 1. The highest BCUT2D eigenvalue weighted by molar-refractivity contribution is 5.90. The summed E-state index contributed by atoms with van der Waals surface area (Å²) >= 11 is 0. The lowest BCUT2D eigenvalue weighted by Crippen LogP contribution is -2.47. The molecule has 166 valence electrons. The summed E-state index contributed by atoms with van der Waals surface area (Å²) < 4.78 is 19.4. The number of benzene rings is 2. The molecule has 0 unspecified atom stereocenters. The second-order valence-corrected chi connectivity index (χ2v) is 7.41. The van der Waals surface area contributed by atoms with Gasteiger partial charge in [0.15, 0.2) is 0 Å². The number of anilines is 3. The van der Waals surface area contributed by atoms with Crippen LogP contribution in [0.4, 0.5) is 21.6 Å². The highest BCUT2D eigenvalue weighted by atomic mass is 19.1. The summed E-state index contributed by atoms with van der Waals surface area (Å²) in [5.41, 5.74) is 1.24. The number of carbonyl (C=O) groups excluding carboxylic acids is 1. The monoisotopic (exact) mass is 437 g/mol. The number of carbonyl (C=O) groups is 1. The smallest absolute Gasteiger partial charge is 0.267 e. The predicted octanol–water partition coefficient (Wildman–Crippen LogP) is 2.36. The molecule has 8 nitrogen and oxygen atoms in total. The summed E-state index contributed by atoms with van der Waals surface area (Å²) in [7, 11) is 1.57. The van der Waals surface area contributed by atoms with Crippen LogP contribution >= 0.6 is 0 Å². The van der Waals surface area contributed by atoms with E-state index in [2.05, 4.69) is 20.2 Å². The zero-order valence-corrected chi connectivity index (χ0v) is 17.7. The number of ether oxygens (including phenoxy) is 1. The largest absolute Gasteiger partial charge is 0.497 e. The van der Waals surface area contributed by atoms with E-state index in [1.165, 1.54) is 22.9 Å². The van der Waals surface area contributed by atoms with E-state index in [1.54, 1.807) is 49.6 Å². The van der Waals surface area contributed by atoms with Crippen LogP contribution in [-0.4, -0.2) is 49.0 Å². The molecular weight excluding hydrogens is 413 g/mol. The third kappa shape index (κ3) is 5.05. The molecule has 32 heavy (non-hydrogen) atoms. The number of rotatable bonds is 6. The van der Waals surface area contributed by atoms with Crippen LogP contribution in [0.15, 0.2) is 65.5 Å². The van der Waals surface area contributed by atoms with Crippen LogP contribution < -0.4 is 25.4 Å². The molecule has 1 amide bonds. The lowest BCUT2D eigenvalue weighted by molar-refractivity contribution is -0.117. The van der Waals surface area contributed by atoms with Gasteiger partial charge in [0.25, 0.3) is 5.56 Å². The highest BCUT2D eigenvalue weighted by Crippen LogP contribution is 2.19. The van der Waals surface area contributed by atoms with Gasteiger partial charge >= 0.3 is 0 Å². The molecule has 1 aliphatic heterocycles. The summed E-state index contributed by atoms with van der Waals surface area (Å²) in [6.07, 6.45) is 0. The molecule has 9 heteroatoms. The molecule has 1 aromatic heterocycles. The number of nitrogens with one attached hydrogen (secondary N) is 1. The van der Waals surface area contributed by atoms with Gasteiger partial charge in [-0.3, -0.25) is 9.59 Å². The third-order valence-corrected chi connectivity index (χ3v) is 5.32. The van der Waals surface area contributed by atoms with Gasteiger partial charge in [0, 0.05) is 43.6 Å². The highest BCUT2D eigenvalue weighted by Gasteiger charge is 2.19. The molecule has 0 atom stereocenters. The van der Waals surface area contributed by atoms with Crippen molar-refractivity contribution in [2.45, 2.75) is 6.54 Å². The van der Waals surface area contributed by atoms with Gasteiger partial charge in [-0.25, -0.2) is 9.07 Å². The number of nitrogens with zero attached hydrogens (tertiary/aromatic N) is 4. The first-order valence-corrected chi connectivity index (χ1v) is 10.3. The molecule has 3 aromatic rings. The maximum atomic E-state index is 13.2. The summed E-state index contributed by atoms with van der Waals surface area (Å²) in [5.74, 6) is 0.728. The Labute approximate surface area is 184 Å². The van der Waals surface area contributed by atoms with E-state index in [0.29, 0.717) is 30.3 Å². The van der Waals surface area contributed by atoms with Crippen LogP contribution in [0.3, 0.4) is 0 Å². The molecule has 1 saturated heterocycles. The van der Waals surface area contributed by atoms with Crippen molar-refractivity contribution in [3.63, 3.8) is 0 Å². The lowest BCUT2D eigenvalue weighted by atomic mass is 10.2. The van der Waals surface area contributed by atoms with Gasteiger partial charge < -0.3 is 19.9 Å². The van der Waals surface area contributed by atoms with Crippen LogP contribution in [0.25, 0.3) is 0 Å². The first kappa shape index (κ1) is 21.4. The van der Waals surface area contributed by atoms with Crippen LogP contribution in [0, 0.1) is 5.82 Å². The van der Waals surface area contributed by atoms with Crippen molar-refractivity contribution in [2.75, 3.05) is 48.4 Å². The number of amides is 1. The second-order valence-electron chi connectivity index (χ2n) is 7.41. The summed E-state index contributed by atoms with van der Waals surface area (Å²) in [6.45, 7) is 2.68. The van der Waals surface area contributed by atoms with E-state index >= 15 is 0 Å². The predicted molar refractivity (Wildman–Crippen MR) is 121 cm³/mol. The second kappa shape index (κ2) is 9.51. The van der Waals surface area contributed by atoms with E-state index in [-0.39, 0.29) is 23.8 Å². The molecule has 2 aromatic carbocycles. The Kier molecular flexibility index (Phi) is 6.34. The van der Waals surface area contributed by atoms with Crippen molar-refractivity contribution in [1.82, 2.24) is 9.78 Å². The Morgan fingerprint density at radius 3 is 2.28 bits per heavy atom. The van der Waals surface area contributed by atoms with Crippen LogP contribution in [0.5, 0.6) is 5.75 Å². The van der Waals surface area contributed by atoms with Gasteiger partial charge in [-0.05, 0) is 54.6 Å². The Balaban J connectivity index is 1.38. The lowest BCUT2D eigenvalue weighted by Gasteiger charge is -2.36. The third-order valence-electron chi connectivity index (χ3n) is 5.32. The summed E-state index contributed by atoms with van der Waals surface area (Å²) in [4.78, 5) is 28.9. The standard InChI is InChI=1S/C23H24FN5O3/c1-32-20-8-4-18(5-9-20)25-22(30)16-29-23(31)11-10-21(26-29)28-14-12-27(13-15-28)19-6-2-17(24)3-7-19/h2-11H,12-16H2,1H3,(H,25,30). The van der Waals surface area contributed by atoms with Crippen molar-refractivity contribution in [2.24, 2.45) is 0 Å². The molecule has 1 N–H and O–H groups in total. The maximum Gasteiger partial charge on any atom is 0.267 e. The quantitative estimate of drug-likeness (QED) is 0.638. The van der Waals surface area contributed by atoms with E-state index in [0.717, 1.165) is 18.8 Å². The number of piperazine rings is 1. The topological polar surface area (TPSA) is 79.7 Å². The van der Waals surface area contributed by atoms with Gasteiger partial charge in [-0.1, -0.05) is 0 Å². The van der Waals surface area contributed by atoms with Crippen LogP contribution in [0.2, 0.25) is 0 Å². The van der Waals surface area contributed by atoms with E-state index < -0.39 is 0 Å². The molecule has 0 bridgehead atoms. The first-order valence-electron chi connectivity index (χ1n) is 10.3. The molecule has 0 aliphatic carbocycles. The average molecular weight is 437 g/mol. The Morgan fingerprint density at radius 1 is 0.969 bits per heavy atom. The molecule has 1 aliphatic rings. The fraction of sp³-hybridized carbons (Fsp3) is 0.261. The molecule has 0 saturated carbocycles. The van der Waals surface area contributed by atoms with Gasteiger partial charge in [0.1, 0.15) is 23.9 Å². The number of aromatic nitrogens is 2. The van der Waals surface area contributed by atoms with Crippen molar-refractivity contribution >= 4 is 23.1 Å². The SMILES string of the molecule is COc1ccc(NC(=O)Cn2nc(N3CCN(c4ccc(F)cc4)CC3)ccc2=O)cc1. The van der Waals surface area contributed by atoms with E-state index in [9.17, 15) is 14.0 Å². The van der Waals surface area contributed by atoms with Crippen molar-refractivity contribution in [1.29, 1.82) is 0 Å². The van der Waals surface area contributed by atoms with E-state index in [1.807, 2.05) is 0 Å². The van der Waals surface area contributed by atoms with Gasteiger partial charge in [0.05, 0.1) is 7.11 Å². The zero-order valence-electron chi connectivity index (χ0n) is 17.7. The molecule has 0 radical (unpaired) electrons. The average Bonchev–Trinajstić information content (AvgIpc) is 2.82. The summed E-state index contributed by atoms with van der Waals surface area (Å²) in [5, 5.41) is 7.15. The minimum absolute atomic E-state index is 0.186. The van der Waals surface area contributed by atoms with Crippen molar-refractivity contribution in [3.8, 4) is 5.75 Å². The normalized spacial score (nSPS) is 13.7. The minimum Gasteiger partial charge on any atom is -0.497 e. The van der Waals surface area contributed by atoms with Crippen molar-refractivity contribution in [3.05, 3.63) is 76.8 Å². The van der Waals surface area contributed by atoms with Crippen LogP contribution in [-0.2, 0) is 11.3 Å². The van der Waals surface area contributed by atoms with E-state index in [4.69, 9.17) is 4.74 Å². The fourth-order valence-electron chi connectivity index (χ4n) is 3.58. The van der Waals surface area contributed by atoms with Gasteiger partial charge in [-0.2, -0.15) is 5.10 Å². The number of methoxy groups -OCH3 is 1. The number of halogens is 1.